The van der Waals surface area contributed by atoms with Gasteiger partial charge in [0.25, 0.3) is 0 Å². The summed E-state index contributed by atoms with van der Waals surface area (Å²) >= 11 is 0. The van der Waals surface area contributed by atoms with E-state index in [0.29, 0.717) is 0 Å². The Balaban J connectivity index is 1.84. The van der Waals surface area contributed by atoms with Crippen LogP contribution in [0.2, 0.25) is 0 Å². The maximum absolute atomic E-state index is 11.3. The van der Waals surface area contributed by atoms with Crippen molar-refractivity contribution in [2.24, 2.45) is 17.8 Å². The fourth-order valence-corrected chi connectivity index (χ4v) is 5.40. The zero-order chi connectivity index (χ0) is 25.5. The quantitative estimate of drug-likeness (QED) is 0.295. The number of carbonyl (C=O) groups is 1. The average Bonchev–Trinajstić information content (AvgIpc) is 2.74. The Labute approximate surface area is 209 Å². The summed E-state index contributed by atoms with van der Waals surface area (Å²) in [6, 6.07) is 0. The van der Waals surface area contributed by atoms with Crippen molar-refractivity contribution in [1.82, 2.24) is 0 Å². The molecule has 0 saturated carbocycles. The summed E-state index contributed by atoms with van der Waals surface area (Å²) in [5, 5.41) is 9.32. The summed E-state index contributed by atoms with van der Waals surface area (Å²) in [7, 11) is 0. The molecular formula is C31H50O3. The molecule has 0 radical (unpaired) electrons. The molecule has 0 aromatic heterocycles. The van der Waals surface area contributed by atoms with Gasteiger partial charge < -0.3 is 9.84 Å². The van der Waals surface area contributed by atoms with E-state index in [1.807, 2.05) is 13.8 Å². The van der Waals surface area contributed by atoms with Crippen LogP contribution in [-0.4, -0.2) is 16.7 Å². The van der Waals surface area contributed by atoms with Gasteiger partial charge in [0.15, 0.2) is 0 Å². The van der Waals surface area contributed by atoms with Crippen LogP contribution >= 0.6 is 0 Å². The summed E-state index contributed by atoms with van der Waals surface area (Å²) < 4.78 is 6.59. The van der Waals surface area contributed by atoms with Gasteiger partial charge in [-0.05, 0) is 86.6 Å². The number of benzene rings is 1. The highest BCUT2D eigenvalue weighted by Gasteiger charge is 2.30. The molecule has 34 heavy (non-hydrogen) atoms. The highest BCUT2D eigenvalue weighted by molar-refractivity contribution is 5.76. The second-order valence-electron chi connectivity index (χ2n) is 11.8. The van der Waals surface area contributed by atoms with Crippen LogP contribution < -0.4 is 4.74 Å². The number of aliphatic carboxylic acids is 1. The molecule has 1 aliphatic rings. The summed E-state index contributed by atoms with van der Waals surface area (Å²) in [6.07, 6.45) is 16.0. The molecule has 0 bridgehead atoms. The Morgan fingerprint density at radius 2 is 1.44 bits per heavy atom. The smallest absolute Gasteiger partial charge is 0.307 e. The maximum atomic E-state index is 11.3. The average molecular weight is 471 g/mol. The van der Waals surface area contributed by atoms with Crippen LogP contribution in [0, 0.1) is 38.5 Å². The number of ether oxygens (including phenoxy) is 1. The van der Waals surface area contributed by atoms with Crippen LogP contribution in [0.1, 0.15) is 120 Å². The summed E-state index contributed by atoms with van der Waals surface area (Å²) in [5.74, 6) is 2.60. The summed E-state index contributed by atoms with van der Waals surface area (Å²) in [4.78, 5) is 11.3. The summed E-state index contributed by atoms with van der Waals surface area (Å²) in [6.45, 7) is 17.8. The molecule has 0 aliphatic carbocycles. The molecular weight excluding hydrogens is 420 g/mol. The highest BCUT2D eigenvalue weighted by atomic mass is 16.5. The minimum absolute atomic E-state index is 0.0610. The van der Waals surface area contributed by atoms with Crippen molar-refractivity contribution in [3.05, 3.63) is 33.9 Å². The van der Waals surface area contributed by atoms with Gasteiger partial charge in [-0.3, -0.25) is 4.79 Å². The topological polar surface area (TPSA) is 46.5 Å². The highest BCUT2D eigenvalue weighted by Crippen LogP contribution is 2.41. The number of rotatable bonds is 14. The van der Waals surface area contributed by atoms with Crippen LogP contribution in [0.25, 0.3) is 6.08 Å². The molecule has 3 heteroatoms. The minimum atomic E-state index is -0.786. The van der Waals surface area contributed by atoms with E-state index in [1.54, 1.807) is 0 Å². The lowest BCUT2D eigenvalue weighted by Gasteiger charge is -2.34. The molecule has 0 amide bonds. The predicted molar refractivity (Wildman–Crippen MR) is 145 cm³/mol. The first-order valence-electron chi connectivity index (χ1n) is 13.7. The molecule has 1 aromatic rings. The molecule has 0 fully saturated rings. The fraction of sp³-hybridized carbons (Fsp3) is 0.710. The van der Waals surface area contributed by atoms with E-state index in [1.165, 1.54) is 44.9 Å². The van der Waals surface area contributed by atoms with Gasteiger partial charge in [0.05, 0.1) is 6.42 Å². The second-order valence-corrected chi connectivity index (χ2v) is 11.8. The van der Waals surface area contributed by atoms with E-state index in [4.69, 9.17) is 4.74 Å². The third kappa shape index (κ3) is 8.17. The van der Waals surface area contributed by atoms with E-state index < -0.39 is 5.97 Å². The number of hydrogen-bond donors (Lipinski definition) is 1. The molecule has 1 heterocycles. The Morgan fingerprint density at radius 1 is 0.882 bits per heavy atom. The normalized spacial score (nSPS) is 19.1. The molecule has 0 saturated heterocycles. The van der Waals surface area contributed by atoms with Gasteiger partial charge in [0, 0.05) is 5.56 Å². The van der Waals surface area contributed by atoms with E-state index >= 15 is 0 Å². The predicted octanol–water partition coefficient (Wildman–Crippen LogP) is 8.84. The first-order valence-corrected chi connectivity index (χ1v) is 13.7. The lowest BCUT2D eigenvalue weighted by molar-refractivity contribution is -0.136. The molecule has 1 aliphatic heterocycles. The SMILES string of the molecule is Cc1c(C)c2c(c(C)c1CC(=O)O)C=C[C@](C)(CCC[C@@H](C)CCC[C@@H](C)CCCC(C)C)O2. The van der Waals surface area contributed by atoms with Gasteiger partial charge in [0.2, 0.25) is 0 Å². The first-order chi connectivity index (χ1) is 15.9. The van der Waals surface area contributed by atoms with E-state index in [9.17, 15) is 9.90 Å². The van der Waals surface area contributed by atoms with Gasteiger partial charge in [-0.2, -0.15) is 0 Å². The van der Waals surface area contributed by atoms with Gasteiger partial charge in [-0.25, -0.2) is 0 Å². The Hall–Kier alpha value is -1.77. The lowest BCUT2D eigenvalue weighted by atomic mass is 9.86. The maximum Gasteiger partial charge on any atom is 0.307 e. The molecule has 2 rings (SSSR count). The first kappa shape index (κ1) is 28.5. The number of fused-ring (bicyclic) bond motifs is 1. The van der Waals surface area contributed by atoms with Gasteiger partial charge in [0.1, 0.15) is 11.4 Å². The van der Waals surface area contributed by atoms with Crippen molar-refractivity contribution in [3.63, 3.8) is 0 Å². The lowest BCUT2D eigenvalue weighted by Crippen LogP contribution is -2.33. The zero-order valence-corrected chi connectivity index (χ0v) is 23.2. The van der Waals surface area contributed by atoms with Crippen molar-refractivity contribution >= 4 is 12.0 Å². The molecule has 0 unspecified atom stereocenters. The van der Waals surface area contributed by atoms with Gasteiger partial charge >= 0.3 is 5.97 Å². The second kappa shape index (κ2) is 12.8. The van der Waals surface area contributed by atoms with Crippen molar-refractivity contribution in [3.8, 4) is 5.75 Å². The van der Waals surface area contributed by atoms with Crippen LogP contribution in [0.15, 0.2) is 6.08 Å². The zero-order valence-electron chi connectivity index (χ0n) is 23.2. The Morgan fingerprint density at radius 3 is 2.00 bits per heavy atom. The molecule has 192 valence electrons. The van der Waals surface area contributed by atoms with E-state index in [0.717, 1.165) is 64.2 Å². The van der Waals surface area contributed by atoms with Crippen LogP contribution in [0.3, 0.4) is 0 Å². The van der Waals surface area contributed by atoms with E-state index in [2.05, 4.69) is 53.7 Å². The third-order valence-electron chi connectivity index (χ3n) is 7.97. The van der Waals surface area contributed by atoms with Crippen molar-refractivity contribution in [2.45, 2.75) is 125 Å². The van der Waals surface area contributed by atoms with Crippen LogP contribution in [0.4, 0.5) is 0 Å². The molecule has 1 N–H and O–H groups in total. The minimum Gasteiger partial charge on any atom is -0.483 e. The number of carboxylic acid groups (broad SMARTS) is 1. The Bertz CT molecular complexity index is 851. The third-order valence-corrected chi connectivity index (χ3v) is 7.97. The fourth-order valence-electron chi connectivity index (χ4n) is 5.40. The number of carboxylic acids is 1. The van der Waals surface area contributed by atoms with Gasteiger partial charge in [-0.1, -0.05) is 78.7 Å². The van der Waals surface area contributed by atoms with E-state index in [-0.39, 0.29) is 12.0 Å². The largest absolute Gasteiger partial charge is 0.483 e. The van der Waals surface area contributed by atoms with Gasteiger partial charge in [-0.15, -0.1) is 0 Å². The van der Waals surface area contributed by atoms with Crippen LogP contribution in [0.5, 0.6) is 5.75 Å². The molecule has 0 spiro atoms. The summed E-state index contributed by atoms with van der Waals surface area (Å²) in [5.41, 5.74) is 4.82. The van der Waals surface area contributed by atoms with Crippen molar-refractivity contribution in [2.75, 3.05) is 0 Å². The van der Waals surface area contributed by atoms with Crippen molar-refractivity contribution in [1.29, 1.82) is 0 Å². The number of hydrogen-bond acceptors (Lipinski definition) is 2. The molecule has 3 nitrogen and oxygen atoms in total. The molecule has 1 aromatic carbocycles. The monoisotopic (exact) mass is 470 g/mol. The van der Waals surface area contributed by atoms with Crippen molar-refractivity contribution < 1.29 is 14.6 Å². The Kier molecular flexibility index (Phi) is 10.7. The standard InChI is InChI=1S/C31H50O3/c1-21(2)12-9-13-22(3)14-10-15-23(4)16-11-18-31(8)19-17-27-26(7)28(20-29(32)33)24(5)25(6)30(27)34-31/h17,19,21-23H,9-16,18,20H2,1-8H3,(H,32,33)/t22-,23-,31-/m0/s1. The van der Waals surface area contributed by atoms with Crippen LogP contribution in [-0.2, 0) is 11.2 Å². The molecule has 3 atom stereocenters.